The third-order valence-electron chi connectivity index (χ3n) is 2.37. The summed E-state index contributed by atoms with van der Waals surface area (Å²) < 4.78 is 6.70. The highest BCUT2D eigenvalue weighted by Gasteiger charge is 2.10. The normalized spacial score (nSPS) is 10.1. The van der Waals surface area contributed by atoms with E-state index >= 15 is 0 Å². The number of non-ortho nitro benzene ring substituents is 1. The zero-order chi connectivity index (χ0) is 13.8. The minimum Gasteiger partial charge on any atom is -0.409 e. The van der Waals surface area contributed by atoms with Gasteiger partial charge in [0.2, 0.25) is 5.89 Å². The van der Waals surface area contributed by atoms with Gasteiger partial charge in [0.25, 0.3) is 10.5 Å². The molecule has 1 heterocycles. The zero-order valence-electron chi connectivity index (χ0n) is 9.65. The first-order chi connectivity index (χ1) is 9.11. The second-order valence-corrected chi connectivity index (χ2v) is 3.96. The first-order valence-electron chi connectivity index (χ1n) is 5.31. The van der Waals surface area contributed by atoms with E-state index in [-0.39, 0.29) is 22.8 Å². The maximum absolute atomic E-state index is 10.5. The zero-order valence-corrected chi connectivity index (χ0v) is 10.5. The minimum absolute atomic E-state index is 0.00809. The fourth-order valence-electron chi connectivity index (χ4n) is 1.45. The summed E-state index contributed by atoms with van der Waals surface area (Å²) in [7, 11) is 0. The van der Waals surface area contributed by atoms with E-state index in [1.807, 2.05) is 6.07 Å². The molecule has 19 heavy (non-hydrogen) atoms. The molecule has 0 radical (unpaired) electrons. The highest BCUT2D eigenvalue weighted by atomic mass is 32.1. The Bertz CT molecular complexity index is 696. The fraction of sp³-hybridized carbons (Fsp3) is 0.182. The van der Waals surface area contributed by atoms with Gasteiger partial charge < -0.3 is 4.42 Å². The molecule has 8 heteroatoms. The Balaban J connectivity index is 2.29. The maximum Gasteiger partial charge on any atom is 0.287 e. The van der Waals surface area contributed by atoms with Crippen molar-refractivity contribution in [3.63, 3.8) is 0 Å². The molecule has 2 rings (SSSR count). The third kappa shape index (κ3) is 2.83. The van der Waals surface area contributed by atoms with Crippen molar-refractivity contribution in [1.82, 2.24) is 9.78 Å². The Morgan fingerprint density at radius 1 is 1.47 bits per heavy atom. The summed E-state index contributed by atoms with van der Waals surface area (Å²) in [6, 6.07) is 7.79. The molecule has 0 aliphatic rings. The Labute approximate surface area is 112 Å². The number of hydrogen-bond donors (Lipinski definition) is 0. The van der Waals surface area contributed by atoms with Gasteiger partial charge in [-0.15, -0.1) is 5.10 Å². The fourth-order valence-corrected chi connectivity index (χ4v) is 1.66. The van der Waals surface area contributed by atoms with Crippen molar-refractivity contribution in [2.45, 2.75) is 13.0 Å². The highest BCUT2D eigenvalue weighted by molar-refractivity contribution is 7.71. The highest BCUT2D eigenvalue weighted by Crippen LogP contribution is 2.21. The van der Waals surface area contributed by atoms with Crippen LogP contribution in [0.25, 0.3) is 11.5 Å². The van der Waals surface area contributed by atoms with Gasteiger partial charge in [0.15, 0.2) is 0 Å². The number of benzene rings is 1. The van der Waals surface area contributed by atoms with Gasteiger partial charge in [-0.1, -0.05) is 0 Å². The summed E-state index contributed by atoms with van der Waals surface area (Å²) in [5.41, 5.74) is 0.582. The lowest BCUT2D eigenvalue weighted by Gasteiger charge is -1.94. The lowest BCUT2D eigenvalue weighted by Crippen LogP contribution is -1.99. The van der Waals surface area contributed by atoms with Crippen LogP contribution < -0.4 is 0 Å². The summed E-state index contributed by atoms with van der Waals surface area (Å²) in [5, 5.41) is 23.2. The minimum atomic E-state index is -0.481. The van der Waals surface area contributed by atoms with Crippen LogP contribution in [0, 0.1) is 26.3 Å². The van der Waals surface area contributed by atoms with Crippen LogP contribution in [0.5, 0.6) is 0 Å². The van der Waals surface area contributed by atoms with E-state index in [1.54, 1.807) is 0 Å². The van der Waals surface area contributed by atoms with Crippen molar-refractivity contribution in [2.75, 3.05) is 0 Å². The lowest BCUT2D eigenvalue weighted by atomic mass is 10.2. The number of nitro groups is 1. The molecule has 0 amide bonds. The van der Waals surface area contributed by atoms with E-state index in [1.165, 1.54) is 28.9 Å². The van der Waals surface area contributed by atoms with Gasteiger partial charge in [0.05, 0.1) is 24.0 Å². The molecule has 0 N–H and O–H groups in total. The van der Waals surface area contributed by atoms with Gasteiger partial charge in [0.1, 0.15) is 0 Å². The van der Waals surface area contributed by atoms with Crippen LogP contribution in [-0.4, -0.2) is 14.7 Å². The number of nitriles is 1. The molecule has 0 saturated carbocycles. The standard InChI is InChI=1S/C11H8N4O3S/c12-6-1-7-14-11(19)18-10(13-14)8-2-4-9(5-3-8)15(16)17/h2-5H,1,7H2. The van der Waals surface area contributed by atoms with E-state index in [9.17, 15) is 10.1 Å². The van der Waals surface area contributed by atoms with E-state index in [0.717, 1.165) is 0 Å². The number of hydrogen-bond acceptors (Lipinski definition) is 6. The summed E-state index contributed by atoms with van der Waals surface area (Å²) in [6.45, 7) is 0.353. The Hall–Kier alpha value is -2.53. The quantitative estimate of drug-likeness (QED) is 0.483. The molecule has 0 fully saturated rings. The van der Waals surface area contributed by atoms with Crippen molar-refractivity contribution < 1.29 is 9.34 Å². The van der Waals surface area contributed by atoms with Crippen molar-refractivity contribution in [3.05, 3.63) is 39.2 Å². The number of nitro benzene ring substituents is 1. The van der Waals surface area contributed by atoms with Crippen LogP contribution in [0.2, 0.25) is 0 Å². The predicted octanol–water partition coefficient (Wildman–Crippen LogP) is 2.69. The largest absolute Gasteiger partial charge is 0.409 e. The third-order valence-corrected chi connectivity index (χ3v) is 2.66. The predicted molar refractivity (Wildman–Crippen MR) is 67.6 cm³/mol. The van der Waals surface area contributed by atoms with Crippen LogP contribution >= 0.6 is 12.2 Å². The van der Waals surface area contributed by atoms with Gasteiger partial charge in [-0.05, 0) is 24.4 Å². The summed E-state index contributed by atoms with van der Waals surface area (Å²) in [5.74, 6) is 0.276. The van der Waals surface area contributed by atoms with Gasteiger partial charge in [-0.2, -0.15) is 5.26 Å². The summed E-state index contributed by atoms with van der Waals surface area (Å²) >= 11 is 4.97. The second kappa shape index (κ2) is 5.41. The molecule has 0 bridgehead atoms. The Morgan fingerprint density at radius 2 is 2.16 bits per heavy atom. The molecule has 0 aliphatic heterocycles. The van der Waals surface area contributed by atoms with Crippen LogP contribution in [0.4, 0.5) is 5.69 Å². The molecular weight excluding hydrogens is 268 g/mol. The van der Waals surface area contributed by atoms with E-state index in [0.29, 0.717) is 12.1 Å². The van der Waals surface area contributed by atoms with Crippen LogP contribution in [0.3, 0.4) is 0 Å². The number of aromatic nitrogens is 2. The van der Waals surface area contributed by atoms with Crippen LogP contribution in [-0.2, 0) is 6.54 Å². The molecule has 0 aliphatic carbocycles. The lowest BCUT2D eigenvalue weighted by molar-refractivity contribution is -0.384. The molecule has 0 spiro atoms. The molecule has 7 nitrogen and oxygen atoms in total. The molecule has 96 valence electrons. The summed E-state index contributed by atoms with van der Waals surface area (Å²) in [4.78, 5) is 10.2. The molecule has 1 aromatic heterocycles. The summed E-state index contributed by atoms with van der Waals surface area (Å²) in [6.07, 6.45) is 0.278. The van der Waals surface area contributed by atoms with E-state index in [4.69, 9.17) is 21.9 Å². The topological polar surface area (TPSA) is 97.9 Å². The van der Waals surface area contributed by atoms with E-state index in [2.05, 4.69) is 5.10 Å². The molecule has 0 atom stereocenters. The van der Waals surface area contributed by atoms with Crippen molar-refractivity contribution in [1.29, 1.82) is 5.26 Å². The SMILES string of the molecule is N#CCCn1nc(-c2ccc([N+](=O)[O-])cc2)oc1=S. The molecule has 1 aromatic carbocycles. The Morgan fingerprint density at radius 3 is 2.74 bits per heavy atom. The second-order valence-electron chi connectivity index (χ2n) is 3.61. The van der Waals surface area contributed by atoms with Crippen LogP contribution in [0.15, 0.2) is 28.7 Å². The first kappa shape index (κ1) is 12.9. The molecule has 2 aromatic rings. The van der Waals surface area contributed by atoms with Crippen molar-refractivity contribution in [2.24, 2.45) is 0 Å². The van der Waals surface area contributed by atoms with Gasteiger partial charge in [-0.25, -0.2) is 4.68 Å². The first-order valence-corrected chi connectivity index (χ1v) is 5.72. The smallest absolute Gasteiger partial charge is 0.287 e. The van der Waals surface area contributed by atoms with Gasteiger partial charge >= 0.3 is 0 Å². The molecule has 0 saturated heterocycles. The van der Waals surface area contributed by atoms with Crippen molar-refractivity contribution >= 4 is 17.9 Å². The monoisotopic (exact) mass is 276 g/mol. The Kier molecular flexibility index (Phi) is 3.68. The van der Waals surface area contributed by atoms with Gasteiger partial charge in [0, 0.05) is 17.7 Å². The number of aryl methyl sites for hydroxylation is 1. The molecular formula is C11H8N4O3S. The maximum atomic E-state index is 10.5. The average molecular weight is 276 g/mol. The average Bonchev–Trinajstić information content (AvgIpc) is 2.78. The van der Waals surface area contributed by atoms with Crippen LogP contribution in [0.1, 0.15) is 6.42 Å². The molecule has 0 unspecified atom stereocenters. The van der Waals surface area contributed by atoms with Crippen molar-refractivity contribution in [3.8, 4) is 17.5 Å². The van der Waals surface area contributed by atoms with E-state index < -0.39 is 4.92 Å². The number of nitrogens with zero attached hydrogens (tertiary/aromatic N) is 4. The number of rotatable bonds is 4. The van der Waals surface area contributed by atoms with Gasteiger partial charge in [-0.3, -0.25) is 10.1 Å².